The fraction of sp³-hybridized carbons (Fsp3) is 0.0909. The fourth-order valence-electron chi connectivity index (χ4n) is 1.47. The molecule has 0 atom stereocenters. The minimum absolute atomic E-state index is 0.430. The summed E-state index contributed by atoms with van der Waals surface area (Å²) in [6.07, 6.45) is 3.35. The van der Waals surface area contributed by atoms with Crippen LogP contribution < -0.4 is 0 Å². The van der Waals surface area contributed by atoms with E-state index in [0.29, 0.717) is 18.3 Å². The van der Waals surface area contributed by atoms with Gasteiger partial charge in [0.05, 0.1) is 6.20 Å². The summed E-state index contributed by atoms with van der Waals surface area (Å²) in [5.74, 6) is 1.02. The topological polar surface area (TPSA) is 69.6 Å². The lowest BCUT2D eigenvalue weighted by Gasteiger charge is -1.94. The zero-order valence-electron chi connectivity index (χ0n) is 8.89. The van der Waals surface area contributed by atoms with E-state index >= 15 is 0 Å². The standard InChI is InChI=1S/C11H9N5O/c1-2-4-9(5-3-1)11-14-13-10(17-11)8-16-7-6-12-15-16/h1-7H,8H2. The maximum absolute atomic E-state index is 5.53. The van der Waals surface area contributed by atoms with Crippen LogP contribution in [0.2, 0.25) is 0 Å². The molecule has 0 saturated heterocycles. The molecule has 0 saturated carbocycles. The molecule has 84 valence electrons. The van der Waals surface area contributed by atoms with E-state index in [0.717, 1.165) is 5.56 Å². The first-order chi connectivity index (χ1) is 8.42. The van der Waals surface area contributed by atoms with Gasteiger partial charge in [-0.2, -0.15) is 0 Å². The molecule has 0 spiro atoms. The van der Waals surface area contributed by atoms with Gasteiger partial charge >= 0.3 is 0 Å². The Kier molecular flexibility index (Phi) is 2.38. The largest absolute Gasteiger partial charge is 0.419 e. The summed E-state index contributed by atoms with van der Waals surface area (Å²) in [4.78, 5) is 0. The summed E-state index contributed by atoms with van der Waals surface area (Å²) in [6, 6.07) is 9.64. The predicted molar refractivity (Wildman–Crippen MR) is 58.9 cm³/mol. The van der Waals surface area contributed by atoms with Crippen molar-refractivity contribution in [1.29, 1.82) is 0 Å². The van der Waals surface area contributed by atoms with Crippen LogP contribution in [0.25, 0.3) is 11.5 Å². The Bertz CT molecular complexity index is 587. The van der Waals surface area contributed by atoms with Gasteiger partial charge in [0.25, 0.3) is 0 Å². The Morgan fingerprint density at radius 3 is 2.76 bits per heavy atom. The van der Waals surface area contributed by atoms with E-state index in [2.05, 4.69) is 20.5 Å². The molecule has 0 aliphatic heterocycles. The Morgan fingerprint density at radius 2 is 2.00 bits per heavy atom. The van der Waals surface area contributed by atoms with Gasteiger partial charge in [0.1, 0.15) is 6.54 Å². The van der Waals surface area contributed by atoms with Crippen LogP contribution >= 0.6 is 0 Å². The number of aromatic nitrogens is 5. The highest BCUT2D eigenvalue weighted by atomic mass is 16.4. The minimum Gasteiger partial charge on any atom is -0.419 e. The molecule has 6 nitrogen and oxygen atoms in total. The lowest BCUT2D eigenvalue weighted by Crippen LogP contribution is -2.00. The normalized spacial score (nSPS) is 10.6. The second-order valence-electron chi connectivity index (χ2n) is 3.47. The molecular formula is C11H9N5O. The summed E-state index contributed by atoms with van der Waals surface area (Å²) in [5.41, 5.74) is 0.907. The van der Waals surface area contributed by atoms with E-state index in [-0.39, 0.29) is 0 Å². The van der Waals surface area contributed by atoms with E-state index in [1.54, 1.807) is 17.1 Å². The van der Waals surface area contributed by atoms with Crippen molar-refractivity contribution >= 4 is 0 Å². The molecular weight excluding hydrogens is 218 g/mol. The van der Waals surface area contributed by atoms with Crippen molar-refractivity contribution < 1.29 is 4.42 Å². The molecule has 2 heterocycles. The van der Waals surface area contributed by atoms with Gasteiger partial charge in [-0.25, -0.2) is 4.68 Å². The zero-order chi connectivity index (χ0) is 11.5. The van der Waals surface area contributed by atoms with E-state index in [9.17, 15) is 0 Å². The van der Waals surface area contributed by atoms with Crippen LogP contribution in [0.1, 0.15) is 5.89 Å². The molecule has 0 amide bonds. The average Bonchev–Trinajstić information content (AvgIpc) is 3.02. The Morgan fingerprint density at radius 1 is 1.12 bits per heavy atom. The van der Waals surface area contributed by atoms with Crippen LogP contribution in [0.15, 0.2) is 47.1 Å². The number of rotatable bonds is 3. The van der Waals surface area contributed by atoms with Gasteiger partial charge in [-0.3, -0.25) is 0 Å². The van der Waals surface area contributed by atoms with E-state index in [4.69, 9.17) is 4.42 Å². The van der Waals surface area contributed by atoms with Gasteiger partial charge in [-0.1, -0.05) is 23.4 Å². The first-order valence-electron chi connectivity index (χ1n) is 5.14. The molecule has 0 unspecified atom stereocenters. The number of benzene rings is 1. The molecule has 0 aliphatic rings. The summed E-state index contributed by atoms with van der Waals surface area (Å²) in [7, 11) is 0. The first-order valence-corrected chi connectivity index (χ1v) is 5.14. The van der Waals surface area contributed by atoms with Crippen LogP contribution in [0, 0.1) is 0 Å². The van der Waals surface area contributed by atoms with Crippen LogP contribution in [0.4, 0.5) is 0 Å². The third-order valence-electron chi connectivity index (χ3n) is 2.26. The fourth-order valence-corrected chi connectivity index (χ4v) is 1.47. The monoisotopic (exact) mass is 227 g/mol. The van der Waals surface area contributed by atoms with Crippen LogP contribution in [0.5, 0.6) is 0 Å². The van der Waals surface area contributed by atoms with Crippen molar-refractivity contribution in [1.82, 2.24) is 25.2 Å². The second-order valence-corrected chi connectivity index (χ2v) is 3.47. The third-order valence-corrected chi connectivity index (χ3v) is 2.26. The third kappa shape index (κ3) is 2.05. The van der Waals surface area contributed by atoms with E-state index < -0.39 is 0 Å². The number of nitrogens with zero attached hydrogens (tertiary/aromatic N) is 5. The zero-order valence-corrected chi connectivity index (χ0v) is 8.89. The maximum Gasteiger partial charge on any atom is 0.247 e. The van der Waals surface area contributed by atoms with Crippen LogP contribution in [-0.2, 0) is 6.54 Å². The van der Waals surface area contributed by atoms with Crippen molar-refractivity contribution in [2.24, 2.45) is 0 Å². The van der Waals surface area contributed by atoms with Gasteiger partial charge in [0.2, 0.25) is 11.8 Å². The molecule has 3 aromatic rings. The molecule has 6 heteroatoms. The van der Waals surface area contributed by atoms with Crippen LogP contribution in [0.3, 0.4) is 0 Å². The Hall–Kier alpha value is -2.50. The molecule has 0 fully saturated rings. The quantitative estimate of drug-likeness (QED) is 0.676. The summed E-state index contributed by atoms with van der Waals surface area (Å²) >= 11 is 0. The maximum atomic E-state index is 5.53. The van der Waals surface area contributed by atoms with Gasteiger partial charge in [0, 0.05) is 11.8 Å². The molecule has 0 aliphatic carbocycles. The van der Waals surface area contributed by atoms with Crippen molar-refractivity contribution in [3.05, 3.63) is 48.6 Å². The molecule has 3 rings (SSSR count). The highest BCUT2D eigenvalue weighted by molar-refractivity contribution is 5.51. The number of hydrogen-bond acceptors (Lipinski definition) is 5. The summed E-state index contributed by atoms with van der Waals surface area (Å²) in [5, 5.41) is 15.5. The summed E-state index contributed by atoms with van der Waals surface area (Å²) < 4.78 is 7.16. The van der Waals surface area contributed by atoms with E-state index in [1.165, 1.54) is 0 Å². The van der Waals surface area contributed by atoms with Crippen molar-refractivity contribution in [2.75, 3.05) is 0 Å². The number of hydrogen-bond donors (Lipinski definition) is 0. The Balaban J connectivity index is 1.84. The smallest absolute Gasteiger partial charge is 0.247 e. The van der Waals surface area contributed by atoms with E-state index in [1.807, 2.05) is 30.3 Å². The molecule has 2 aromatic heterocycles. The molecule has 0 N–H and O–H groups in total. The van der Waals surface area contributed by atoms with Crippen molar-refractivity contribution in [3.8, 4) is 11.5 Å². The highest BCUT2D eigenvalue weighted by Crippen LogP contribution is 2.16. The average molecular weight is 227 g/mol. The van der Waals surface area contributed by atoms with Crippen molar-refractivity contribution in [3.63, 3.8) is 0 Å². The molecule has 1 aromatic carbocycles. The Labute approximate surface area is 96.9 Å². The SMILES string of the molecule is c1ccc(-c2nnc(Cn3ccnn3)o2)cc1. The molecule has 17 heavy (non-hydrogen) atoms. The van der Waals surface area contributed by atoms with Gasteiger partial charge in [-0.15, -0.1) is 15.3 Å². The lowest BCUT2D eigenvalue weighted by molar-refractivity contribution is 0.469. The van der Waals surface area contributed by atoms with Crippen molar-refractivity contribution in [2.45, 2.75) is 6.54 Å². The van der Waals surface area contributed by atoms with Gasteiger partial charge in [0.15, 0.2) is 0 Å². The second kappa shape index (κ2) is 4.17. The molecule has 0 radical (unpaired) electrons. The predicted octanol–water partition coefficient (Wildman–Crippen LogP) is 1.38. The molecule has 0 bridgehead atoms. The van der Waals surface area contributed by atoms with Gasteiger partial charge in [-0.05, 0) is 12.1 Å². The summed E-state index contributed by atoms with van der Waals surface area (Å²) in [6.45, 7) is 0.430. The lowest BCUT2D eigenvalue weighted by atomic mass is 10.2. The van der Waals surface area contributed by atoms with Gasteiger partial charge < -0.3 is 4.42 Å². The van der Waals surface area contributed by atoms with Crippen LogP contribution in [-0.4, -0.2) is 25.2 Å². The minimum atomic E-state index is 0.430. The highest BCUT2D eigenvalue weighted by Gasteiger charge is 2.08. The first kappa shape index (κ1) is 9.71.